The first-order chi connectivity index (χ1) is 11.2. The van der Waals surface area contributed by atoms with Gasteiger partial charge in [0.1, 0.15) is 5.82 Å². The summed E-state index contributed by atoms with van der Waals surface area (Å²) in [6.07, 6.45) is 3.01. The third kappa shape index (κ3) is 4.20. The first-order valence-corrected chi connectivity index (χ1v) is 8.21. The maximum atomic E-state index is 12.2. The van der Waals surface area contributed by atoms with Crippen LogP contribution in [0.5, 0.6) is 0 Å². The van der Waals surface area contributed by atoms with E-state index in [1.807, 2.05) is 29.2 Å². The fraction of sp³-hybridized carbons (Fsp3) is 0.353. The fourth-order valence-electron chi connectivity index (χ4n) is 2.61. The van der Waals surface area contributed by atoms with E-state index in [4.69, 9.17) is 11.6 Å². The van der Waals surface area contributed by atoms with E-state index in [0.717, 1.165) is 43.9 Å². The quantitative estimate of drug-likeness (QED) is 0.915. The van der Waals surface area contributed by atoms with Gasteiger partial charge in [0, 0.05) is 24.7 Å². The summed E-state index contributed by atoms with van der Waals surface area (Å²) >= 11 is 5.86. The minimum Gasteiger partial charge on any atom is -0.368 e. The van der Waals surface area contributed by atoms with Crippen molar-refractivity contribution in [2.24, 2.45) is 0 Å². The van der Waals surface area contributed by atoms with Crippen molar-refractivity contribution >= 4 is 23.3 Å². The Morgan fingerprint density at radius 2 is 1.83 bits per heavy atom. The van der Waals surface area contributed by atoms with Crippen LogP contribution in [0, 0.1) is 0 Å². The van der Waals surface area contributed by atoms with E-state index < -0.39 is 0 Å². The van der Waals surface area contributed by atoms with Gasteiger partial charge in [-0.25, -0.2) is 0 Å². The summed E-state index contributed by atoms with van der Waals surface area (Å²) in [5.41, 5.74) is 1.62. The lowest BCUT2D eigenvalue weighted by Gasteiger charge is -2.14. The monoisotopic (exact) mass is 330 g/mol. The molecule has 1 fully saturated rings. The second-order valence-corrected chi connectivity index (χ2v) is 6.04. The molecule has 1 saturated heterocycles. The van der Waals surface area contributed by atoms with E-state index in [0.29, 0.717) is 11.5 Å². The molecule has 1 aromatic carbocycles. The molecule has 3 rings (SSSR count). The molecule has 1 amide bonds. The maximum Gasteiger partial charge on any atom is 0.274 e. The summed E-state index contributed by atoms with van der Waals surface area (Å²) in [6.45, 7) is 2.39. The number of anilines is 1. The number of rotatable bonds is 5. The topological polar surface area (TPSA) is 58.1 Å². The summed E-state index contributed by atoms with van der Waals surface area (Å²) < 4.78 is 0. The van der Waals surface area contributed by atoms with Crippen molar-refractivity contribution in [3.05, 3.63) is 52.7 Å². The number of nitrogens with zero attached hydrogens (tertiary/aromatic N) is 3. The Balaban J connectivity index is 1.51. The van der Waals surface area contributed by atoms with Gasteiger partial charge in [-0.3, -0.25) is 4.79 Å². The van der Waals surface area contributed by atoms with E-state index in [9.17, 15) is 4.79 Å². The molecule has 0 unspecified atom stereocenters. The fourth-order valence-corrected chi connectivity index (χ4v) is 2.73. The van der Waals surface area contributed by atoms with Crippen LogP contribution in [0.15, 0.2) is 36.4 Å². The lowest BCUT2D eigenvalue weighted by molar-refractivity contribution is 0.0786. The zero-order chi connectivity index (χ0) is 16.1. The van der Waals surface area contributed by atoms with Crippen molar-refractivity contribution < 1.29 is 4.79 Å². The first kappa shape index (κ1) is 15.7. The molecule has 0 aliphatic carbocycles. The highest BCUT2D eigenvalue weighted by atomic mass is 35.5. The molecule has 0 atom stereocenters. The Kier molecular flexibility index (Phi) is 5.08. The molecule has 2 aromatic rings. The zero-order valence-corrected chi connectivity index (χ0v) is 13.6. The van der Waals surface area contributed by atoms with Crippen LogP contribution in [-0.2, 0) is 6.42 Å². The predicted molar refractivity (Wildman–Crippen MR) is 90.8 cm³/mol. The molecule has 1 aliphatic rings. The molecule has 1 N–H and O–H groups in total. The molecule has 0 bridgehead atoms. The number of amides is 1. The first-order valence-electron chi connectivity index (χ1n) is 7.84. The zero-order valence-electron chi connectivity index (χ0n) is 12.8. The molecule has 1 aromatic heterocycles. The number of nitrogens with one attached hydrogen (secondary N) is 1. The Morgan fingerprint density at radius 3 is 2.48 bits per heavy atom. The predicted octanol–water partition coefficient (Wildman–Crippen LogP) is 3.02. The molecule has 6 heteroatoms. The van der Waals surface area contributed by atoms with Crippen LogP contribution < -0.4 is 5.32 Å². The highest BCUT2D eigenvalue weighted by molar-refractivity contribution is 6.30. The molecule has 1 aliphatic heterocycles. The molecule has 0 spiro atoms. The van der Waals surface area contributed by atoms with Crippen LogP contribution in [0.2, 0.25) is 5.02 Å². The number of hydrogen-bond acceptors (Lipinski definition) is 4. The van der Waals surface area contributed by atoms with Gasteiger partial charge in [-0.1, -0.05) is 23.7 Å². The summed E-state index contributed by atoms with van der Waals surface area (Å²) in [5.74, 6) is 0.652. The second-order valence-electron chi connectivity index (χ2n) is 5.61. The molecule has 23 heavy (non-hydrogen) atoms. The molecule has 5 nitrogen and oxygen atoms in total. The van der Waals surface area contributed by atoms with Gasteiger partial charge in [0.05, 0.1) is 0 Å². The van der Waals surface area contributed by atoms with Crippen LogP contribution in [0.3, 0.4) is 0 Å². The molecule has 0 saturated carbocycles. The number of aromatic nitrogens is 2. The van der Waals surface area contributed by atoms with E-state index >= 15 is 0 Å². The Hall–Kier alpha value is -2.14. The molecule has 0 radical (unpaired) electrons. The smallest absolute Gasteiger partial charge is 0.274 e. The Labute approximate surface area is 140 Å². The second kappa shape index (κ2) is 7.42. The summed E-state index contributed by atoms with van der Waals surface area (Å²) in [6, 6.07) is 11.3. The summed E-state index contributed by atoms with van der Waals surface area (Å²) in [7, 11) is 0. The minimum absolute atomic E-state index is 0.0253. The number of halogens is 1. The van der Waals surface area contributed by atoms with E-state index in [2.05, 4.69) is 15.5 Å². The molecular formula is C17H19ClN4O. The molecule has 120 valence electrons. The van der Waals surface area contributed by atoms with Crippen molar-refractivity contribution in [2.45, 2.75) is 19.3 Å². The Bertz CT molecular complexity index is 651. The maximum absolute atomic E-state index is 12.2. The number of carbonyl (C=O) groups is 1. The van der Waals surface area contributed by atoms with Gasteiger partial charge >= 0.3 is 0 Å². The van der Waals surface area contributed by atoms with Gasteiger partial charge in [0.15, 0.2) is 5.69 Å². The van der Waals surface area contributed by atoms with Gasteiger partial charge in [-0.05, 0) is 49.1 Å². The average molecular weight is 331 g/mol. The van der Waals surface area contributed by atoms with E-state index in [1.165, 1.54) is 5.56 Å². The van der Waals surface area contributed by atoms with Gasteiger partial charge < -0.3 is 10.2 Å². The highest BCUT2D eigenvalue weighted by Crippen LogP contribution is 2.13. The highest BCUT2D eigenvalue weighted by Gasteiger charge is 2.20. The van der Waals surface area contributed by atoms with Gasteiger partial charge in [0.2, 0.25) is 0 Å². The summed E-state index contributed by atoms with van der Waals surface area (Å²) in [5, 5.41) is 12.1. The van der Waals surface area contributed by atoms with Crippen molar-refractivity contribution in [1.82, 2.24) is 15.1 Å². The van der Waals surface area contributed by atoms with Crippen LogP contribution >= 0.6 is 11.6 Å². The van der Waals surface area contributed by atoms with Gasteiger partial charge in [0.25, 0.3) is 5.91 Å². The van der Waals surface area contributed by atoms with Crippen molar-refractivity contribution in [3.63, 3.8) is 0 Å². The normalized spacial score (nSPS) is 14.0. The SMILES string of the molecule is O=C(c1ccc(NCCc2ccc(Cl)cc2)nn1)N1CCCC1. The number of carbonyl (C=O) groups excluding carboxylic acids is 1. The number of benzene rings is 1. The van der Waals surface area contributed by atoms with E-state index in [-0.39, 0.29) is 5.91 Å². The van der Waals surface area contributed by atoms with Crippen molar-refractivity contribution in [1.29, 1.82) is 0 Å². The van der Waals surface area contributed by atoms with Gasteiger partial charge in [-0.2, -0.15) is 0 Å². The van der Waals surface area contributed by atoms with Crippen LogP contribution in [-0.4, -0.2) is 40.6 Å². The third-order valence-corrected chi connectivity index (χ3v) is 4.16. The number of likely N-dealkylation sites (tertiary alicyclic amines) is 1. The van der Waals surface area contributed by atoms with Crippen LogP contribution in [0.25, 0.3) is 0 Å². The summed E-state index contributed by atoms with van der Waals surface area (Å²) in [4.78, 5) is 14.0. The lowest BCUT2D eigenvalue weighted by atomic mass is 10.1. The van der Waals surface area contributed by atoms with Gasteiger partial charge in [-0.15, -0.1) is 10.2 Å². The van der Waals surface area contributed by atoms with Crippen LogP contribution in [0.4, 0.5) is 5.82 Å². The lowest BCUT2D eigenvalue weighted by Crippen LogP contribution is -2.28. The molecular weight excluding hydrogens is 312 g/mol. The minimum atomic E-state index is -0.0253. The third-order valence-electron chi connectivity index (χ3n) is 3.91. The Morgan fingerprint density at radius 1 is 1.09 bits per heavy atom. The van der Waals surface area contributed by atoms with E-state index in [1.54, 1.807) is 12.1 Å². The largest absolute Gasteiger partial charge is 0.368 e. The van der Waals surface area contributed by atoms with Crippen molar-refractivity contribution in [3.8, 4) is 0 Å². The standard InChI is InChI=1S/C17H19ClN4O/c18-14-5-3-13(4-6-14)9-10-19-16-8-7-15(20-21-16)17(23)22-11-1-2-12-22/h3-8H,1-2,9-12H2,(H,19,21). The molecule has 2 heterocycles. The average Bonchev–Trinajstić information content (AvgIpc) is 3.11. The number of hydrogen-bond donors (Lipinski definition) is 1. The van der Waals surface area contributed by atoms with Crippen molar-refractivity contribution in [2.75, 3.05) is 25.0 Å². The van der Waals surface area contributed by atoms with Crippen LogP contribution in [0.1, 0.15) is 28.9 Å².